The van der Waals surface area contributed by atoms with Crippen LogP contribution in [0.3, 0.4) is 0 Å². The predicted molar refractivity (Wildman–Crippen MR) is 168 cm³/mol. The molecular weight excluding hydrogens is 516 g/mol. The molecule has 0 radical (unpaired) electrons. The number of hydrogen-bond donors (Lipinski definition) is 0. The number of nitrogens with zero attached hydrogens (tertiary/aromatic N) is 4. The van der Waals surface area contributed by atoms with Crippen LogP contribution in [0.2, 0.25) is 0 Å². The van der Waals surface area contributed by atoms with Gasteiger partial charge in [0.2, 0.25) is 0 Å². The highest BCUT2D eigenvalue weighted by atomic mass is 16.5. The van der Waals surface area contributed by atoms with Crippen molar-refractivity contribution in [2.45, 2.75) is 20.8 Å². The van der Waals surface area contributed by atoms with Crippen LogP contribution >= 0.6 is 0 Å². The van der Waals surface area contributed by atoms with Gasteiger partial charge in [0.05, 0.1) is 11.9 Å². The van der Waals surface area contributed by atoms with Gasteiger partial charge in [-0.05, 0) is 73.9 Å². The monoisotopic (exact) mass is 547 g/mol. The summed E-state index contributed by atoms with van der Waals surface area (Å²) in [6, 6.07) is 39.5. The fraction of sp³-hybridized carbons (Fsp3) is 0.0811. The van der Waals surface area contributed by atoms with Crippen molar-refractivity contribution in [2.75, 3.05) is 0 Å². The van der Waals surface area contributed by atoms with Crippen LogP contribution in [0.25, 0.3) is 39.2 Å². The van der Waals surface area contributed by atoms with E-state index in [2.05, 4.69) is 102 Å². The Morgan fingerprint density at radius 3 is 2.07 bits per heavy atom. The maximum Gasteiger partial charge on any atom is 0.255 e. The van der Waals surface area contributed by atoms with Crippen molar-refractivity contribution in [3.8, 4) is 39.7 Å². The Kier molecular flexibility index (Phi) is 6.40. The van der Waals surface area contributed by atoms with E-state index in [0.29, 0.717) is 0 Å². The van der Waals surface area contributed by atoms with Crippen molar-refractivity contribution in [3.05, 3.63) is 151 Å². The molecule has 2 heterocycles. The molecule has 0 N–H and O–H groups in total. The van der Waals surface area contributed by atoms with Crippen molar-refractivity contribution in [2.24, 2.45) is 0 Å². The smallest absolute Gasteiger partial charge is 0.255 e. The van der Waals surface area contributed by atoms with Gasteiger partial charge in [0.15, 0.2) is 11.0 Å². The van der Waals surface area contributed by atoms with E-state index in [1.807, 2.05) is 71.7 Å². The van der Waals surface area contributed by atoms with Gasteiger partial charge >= 0.3 is 0 Å². The topological polar surface area (TPSA) is 35.9 Å². The zero-order valence-corrected chi connectivity index (χ0v) is 23.9. The molecule has 0 aliphatic carbocycles. The van der Waals surface area contributed by atoms with Crippen molar-refractivity contribution >= 4 is 11.0 Å². The van der Waals surface area contributed by atoms with Crippen LogP contribution in [0.1, 0.15) is 16.7 Å². The summed E-state index contributed by atoms with van der Waals surface area (Å²) >= 11 is 0. The molecule has 5 aromatic carbocycles. The SMILES string of the molecule is Cc1cc(C)c(-[n+]2cn(-c3cccc(Oc4cccc(-n5cc(-c6ccccc6)cn5)c4)c3)c3ccccc32)c(C)c1. The number of fused-ring (bicyclic) bond motifs is 1. The quantitative estimate of drug-likeness (QED) is 0.196. The molecule has 0 aliphatic rings. The highest BCUT2D eigenvalue weighted by molar-refractivity contribution is 5.75. The minimum atomic E-state index is 0.750. The fourth-order valence-electron chi connectivity index (χ4n) is 5.81. The molecule has 204 valence electrons. The first kappa shape index (κ1) is 25.5. The molecule has 5 heteroatoms. The average Bonchev–Trinajstić information content (AvgIpc) is 3.64. The first-order valence-corrected chi connectivity index (χ1v) is 14.1. The van der Waals surface area contributed by atoms with E-state index in [1.165, 1.54) is 22.4 Å². The van der Waals surface area contributed by atoms with Gasteiger partial charge in [0.25, 0.3) is 6.33 Å². The Morgan fingerprint density at radius 2 is 1.31 bits per heavy atom. The van der Waals surface area contributed by atoms with Gasteiger partial charge in [0.1, 0.15) is 22.9 Å². The Balaban J connectivity index is 1.22. The summed E-state index contributed by atoms with van der Waals surface area (Å²) in [6.45, 7) is 6.52. The van der Waals surface area contributed by atoms with Crippen LogP contribution < -0.4 is 9.30 Å². The van der Waals surface area contributed by atoms with E-state index in [1.54, 1.807) is 0 Å². The zero-order valence-electron chi connectivity index (χ0n) is 23.9. The number of para-hydroxylation sites is 2. The number of ether oxygens (including phenoxy) is 1. The van der Waals surface area contributed by atoms with Crippen molar-refractivity contribution < 1.29 is 9.30 Å². The Morgan fingerprint density at radius 1 is 0.643 bits per heavy atom. The lowest BCUT2D eigenvalue weighted by molar-refractivity contribution is -0.568. The van der Waals surface area contributed by atoms with Gasteiger partial charge < -0.3 is 4.74 Å². The lowest BCUT2D eigenvalue weighted by Crippen LogP contribution is -2.31. The van der Waals surface area contributed by atoms with E-state index in [4.69, 9.17) is 4.74 Å². The van der Waals surface area contributed by atoms with Crippen molar-refractivity contribution in [3.63, 3.8) is 0 Å². The second-order valence-electron chi connectivity index (χ2n) is 10.7. The Hall–Kier alpha value is -5.42. The van der Waals surface area contributed by atoms with Crippen LogP contribution in [0.15, 0.2) is 134 Å². The molecule has 0 atom stereocenters. The maximum atomic E-state index is 6.39. The van der Waals surface area contributed by atoms with Gasteiger partial charge in [-0.3, -0.25) is 0 Å². The zero-order chi connectivity index (χ0) is 28.6. The summed E-state index contributed by atoms with van der Waals surface area (Å²) in [5.41, 5.74) is 11.5. The lowest BCUT2D eigenvalue weighted by atomic mass is 10.0. The molecule has 5 nitrogen and oxygen atoms in total. The Labute approximate surface area is 245 Å². The second-order valence-corrected chi connectivity index (χ2v) is 10.7. The summed E-state index contributed by atoms with van der Waals surface area (Å²) in [5.74, 6) is 1.52. The number of aryl methyl sites for hydroxylation is 3. The molecule has 7 rings (SSSR count). The summed E-state index contributed by atoms with van der Waals surface area (Å²) in [4.78, 5) is 0. The van der Waals surface area contributed by atoms with E-state index >= 15 is 0 Å². The van der Waals surface area contributed by atoms with Gasteiger partial charge in [-0.15, -0.1) is 0 Å². The third-order valence-corrected chi connectivity index (χ3v) is 7.61. The maximum absolute atomic E-state index is 6.39. The van der Waals surface area contributed by atoms with E-state index < -0.39 is 0 Å². The average molecular weight is 548 g/mol. The highest BCUT2D eigenvalue weighted by Crippen LogP contribution is 2.28. The molecule has 0 aliphatic heterocycles. The number of aromatic nitrogens is 4. The summed E-state index contributed by atoms with van der Waals surface area (Å²) < 4.78 is 12.8. The molecule has 0 saturated carbocycles. The molecule has 0 saturated heterocycles. The van der Waals surface area contributed by atoms with Gasteiger partial charge in [-0.25, -0.2) is 4.68 Å². The molecule has 42 heavy (non-hydrogen) atoms. The normalized spacial score (nSPS) is 11.2. The van der Waals surface area contributed by atoms with Crippen LogP contribution in [0.5, 0.6) is 11.5 Å². The van der Waals surface area contributed by atoms with Crippen LogP contribution in [0.4, 0.5) is 0 Å². The number of hydrogen-bond acceptors (Lipinski definition) is 2. The highest BCUT2D eigenvalue weighted by Gasteiger charge is 2.21. The molecule has 0 fully saturated rings. The third kappa shape index (κ3) is 4.75. The third-order valence-electron chi connectivity index (χ3n) is 7.61. The van der Waals surface area contributed by atoms with Gasteiger partial charge in [-0.1, -0.05) is 72.3 Å². The van der Waals surface area contributed by atoms with E-state index in [-0.39, 0.29) is 0 Å². The lowest BCUT2D eigenvalue weighted by Gasteiger charge is -2.09. The van der Waals surface area contributed by atoms with Crippen molar-refractivity contribution in [1.29, 1.82) is 0 Å². The molecule has 0 unspecified atom stereocenters. The minimum absolute atomic E-state index is 0.750. The second kappa shape index (κ2) is 10.5. The molecule has 2 aromatic heterocycles. The van der Waals surface area contributed by atoms with Crippen LogP contribution in [0, 0.1) is 20.8 Å². The molecular formula is C37H31N4O+. The molecule has 0 spiro atoms. The summed E-state index contributed by atoms with van der Waals surface area (Å²) in [7, 11) is 0. The largest absolute Gasteiger partial charge is 0.457 e. The fourth-order valence-corrected chi connectivity index (χ4v) is 5.81. The Bertz CT molecular complexity index is 2030. The standard InChI is InChI=1S/C37H31N4O/c1-26-19-27(2)37(28(3)20-26)40-25-39(35-17-7-8-18-36(35)40)31-13-9-15-33(21-31)42-34-16-10-14-32(22-34)41-24-30(23-38-41)29-11-5-4-6-12-29/h4-25H,1-3H3/q+1. The van der Waals surface area contributed by atoms with Gasteiger partial charge in [0, 0.05) is 23.9 Å². The summed E-state index contributed by atoms with van der Waals surface area (Å²) in [6.07, 6.45) is 6.11. The summed E-state index contributed by atoms with van der Waals surface area (Å²) in [5, 5.41) is 4.59. The van der Waals surface area contributed by atoms with Crippen LogP contribution in [-0.2, 0) is 0 Å². The number of benzene rings is 5. The molecule has 0 amide bonds. The van der Waals surface area contributed by atoms with Crippen molar-refractivity contribution in [1.82, 2.24) is 14.3 Å². The van der Waals surface area contributed by atoms with E-state index in [0.717, 1.165) is 45.0 Å². The van der Waals surface area contributed by atoms with Crippen LogP contribution in [-0.4, -0.2) is 14.3 Å². The minimum Gasteiger partial charge on any atom is -0.457 e. The number of rotatable bonds is 6. The van der Waals surface area contributed by atoms with E-state index in [9.17, 15) is 0 Å². The molecule has 7 aromatic rings. The number of imidazole rings is 1. The molecule has 0 bridgehead atoms. The first-order chi connectivity index (χ1) is 20.5. The predicted octanol–water partition coefficient (Wildman–Crippen LogP) is 8.48. The first-order valence-electron chi connectivity index (χ1n) is 14.1. The van der Waals surface area contributed by atoms with Gasteiger partial charge in [-0.2, -0.15) is 14.2 Å².